The van der Waals surface area contributed by atoms with Crippen LogP contribution in [0.4, 0.5) is 0 Å². The number of ether oxygens (including phenoxy) is 3. The molecule has 0 spiro atoms. The van der Waals surface area contributed by atoms with Gasteiger partial charge in [0.25, 0.3) is 0 Å². The molecular weight excluding hydrogens is 422 g/mol. The molecule has 33 heavy (non-hydrogen) atoms. The summed E-state index contributed by atoms with van der Waals surface area (Å²) in [6.07, 6.45) is 4.80. The number of dihydropyridines is 1. The molecule has 7 nitrogen and oxygen atoms in total. The second kappa shape index (κ2) is 8.76. The largest absolute Gasteiger partial charge is 0.502 e. The Hall–Kier alpha value is -2.96. The van der Waals surface area contributed by atoms with Gasteiger partial charge < -0.3 is 24.6 Å². The fourth-order valence-corrected chi connectivity index (χ4v) is 5.34. The van der Waals surface area contributed by atoms with E-state index >= 15 is 0 Å². The second-order valence-corrected chi connectivity index (χ2v) is 10.0. The molecule has 0 aromatic heterocycles. The first-order valence-electron chi connectivity index (χ1n) is 11.5. The number of allylic oxidation sites excluding steroid dienone is 3. The van der Waals surface area contributed by atoms with Crippen molar-refractivity contribution >= 4 is 11.8 Å². The van der Waals surface area contributed by atoms with Crippen molar-refractivity contribution in [2.45, 2.75) is 71.3 Å². The molecule has 1 aromatic carbocycles. The van der Waals surface area contributed by atoms with Gasteiger partial charge in [-0.2, -0.15) is 0 Å². The van der Waals surface area contributed by atoms with E-state index in [1.807, 2.05) is 6.92 Å². The number of carbonyl (C=O) groups excluding carboxylic acids is 2. The maximum absolute atomic E-state index is 13.5. The molecule has 0 amide bonds. The predicted octanol–water partition coefficient (Wildman–Crippen LogP) is 4.50. The van der Waals surface area contributed by atoms with Crippen LogP contribution in [0.2, 0.25) is 0 Å². The Kier molecular flexibility index (Phi) is 6.16. The third-order valence-corrected chi connectivity index (χ3v) is 6.87. The van der Waals surface area contributed by atoms with Crippen molar-refractivity contribution in [3.63, 3.8) is 0 Å². The van der Waals surface area contributed by atoms with Crippen LogP contribution in [-0.4, -0.2) is 37.2 Å². The summed E-state index contributed by atoms with van der Waals surface area (Å²) < 4.78 is 16.6. The van der Waals surface area contributed by atoms with E-state index in [4.69, 9.17) is 14.2 Å². The van der Waals surface area contributed by atoms with Crippen LogP contribution in [0.1, 0.15) is 70.8 Å². The molecule has 2 aliphatic carbocycles. The molecule has 0 unspecified atom stereocenters. The van der Waals surface area contributed by atoms with E-state index in [-0.39, 0.29) is 34.6 Å². The smallest absolute Gasteiger partial charge is 0.337 e. The molecule has 3 aliphatic rings. The Balaban J connectivity index is 1.86. The van der Waals surface area contributed by atoms with Crippen LogP contribution in [0.3, 0.4) is 0 Å². The van der Waals surface area contributed by atoms with Crippen molar-refractivity contribution < 1.29 is 28.9 Å². The van der Waals surface area contributed by atoms with Gasteiger partial charge in [-0.05, 0) is 62.1 Å². The van der Waals surface area contributed by atoms with Gasteiger partial charge in [-0.3, -0.25) is 4.79 Å². The Morgan fingerprint density at radius 1 is 1.09 bits per heavy atom. The highest BCUT2D eigenvalue weighted by Gasteiger charge is 2.44. The zero-order chi connectivity index (χ0) is 23.9. The van der Waals surface area contributed by atoms with Crippen molar-refractivity contribution in [3.05, 3.63) is 40.2 Å². The lowest BCUT2D eigenvalue weighted by molar-refractivity contribution is -0.144. The summed E-state index contributed by atoms with van der Waals surface area (Å²) in [5.74, 6) is -0.735. The van der Waals surface area contributed by atoms with E-state index in [1.54, 1.807) is 12.1 Å². The number of rotatable bonds is 5. The molecular formula is C26H33NO6. The molecule has 1 saturated carbocycles. The molecule has 0 bridgehead atoms. The van der Waals surface area contributed by atoms with E-state index < -0.39 is 11.9 Å². The number of carbonyl (C=O) groups is 2. The molecule has 0 saturated heterocycles. The standard InChI is InChI=1S/C26H33NO6/c1-14-21(25(30)33-16-8-6-7-9-16)22(15-10-19(31-4)24(29)20(11-15)32-5)23-17(27-14)12-26(2,3)13-18(23)28/h10-11,16,22,27,29H,6-9,12-13H2,1-5H3/t22-/m0/s1. The molecule has 4 rings (SSSR count). The number of hydrogen-bond acceptors (Lipinski definition) is 7. The number of methoxy groups -OCH3 is 2. The zero-order valence-corrected chi connectivity index (χ0v) is 20.0. The lowest BCUT2D eigenvalue weighted by atomic mass is 9.68. The number of Topliss-reactive ketones (excluding diaryl/α,β-unsaturated/α-hetero) is 1. The fraction of sp³-hybridized carbons (Fsp3) is 0.538. The van der Waals surface area contributed by atoms with Gasteiger partial charge in [-0.1, -0.05) is 13.8 Å². The summed E-state index contributed by atoms with van der Waals surface area (Å²) in [5, 5.41) is 13.8. The van der Waals surface area contributed by atoms with E-state index in [9.17, 15) is 14.7 Å². The Morgan fingerprint density at radius 2 is 1.70 bits per heavy atom. The van der Waals surface area contributed by atoms with Gasteiger partial charge in [0.05, 0.1) is 19.8 Å². The number of esters is 1. The summed E-state index contributed by atoms with van der Waals surface area (Å²) in [6, 6.07) is 3.34. The normalized spacial score (nSPS) is 22.7. The summed E-state index contributed by atoms with van der Waals surface area (Å²) in [7, 11) is 2.91. The minimum Gasteiger partial charge on any atom is -0.502 e. The third-order valence-electron chi connectivity index (χ3n) is 6.87. The highest BCUT2D eigenvalue weighted by Crippen LogP contribution is 2.49. The van der Waals surface area contributed by atoms with Crippen LogP contribution in [-0.2, 0) is 14.3 Å². The predicted molar refractivity (Wildman–Crippen MR) is 123 cm³/mol. The summed E-state index contributed by atoms with van der Waals surface area (Å²) in [6.45, 7) is 5.99. The maximum atomic E-state index is 13.5. The Bertz CT molecular complexity index is 1020. The number of hydrogen-bond donors (Lipinski definition) is 2. The molecule has 1 aromatic rings. The van der Waals surface area contributed by atoms with Gasteiger partial charge in [-0.15, -0.1) is 0 Å². The number of nitrogens with one attached hydrogen (secondary N) is 1. The van der Waals surface area contributed by atoms with Gasteiger partial charge in [0, 0.05) is 29.3 Å². The van der Waals surface area contributed by atoms with Gasteiger partial charge in [-0.25, -0.2) is 4.79 Å². The molecule has 1 atom stereocenters. The maximum Gasteiger partial charge on any atom is 0.337 e. The molecule has 1 fully saturated rings. The van der Waals surface area contributed by atoms with E-state index in [2.05, 4.69) is 19.2 Å². The van der Waals surface area contributed by atoms with Crippen LogP contribution in [0.5, 0.6) is 17.2 Å². The Morgan fingerprint density at radius 3 is 2.27 bits per heavy atom. The van der Waals surface area contributed by atoms with E-state index in [0.717, 1.165) is 31.4 Å². The highest BCUT2D eigenvalue weighted by atomic mass is 16.5. The quantitative estimate of drug-likeness (QED) is 0.632. The summed E-state index contributed by atoms with van der Waals surface area (Å²) in [4.78, 5) is 26.9. The van der Waals surface area contributed by atoms with Crippen LogP contribution >= 0.6 is 0 Å². The van der Waals surface area contributed by atoms with Crippen LogP contribution in [0.25, 0.3) is 0 Å². The molecule has 0 radical (unpaired) electrons. The molecule has 2 N–H and O–H groups in total. The minimum absolute atomic E-state index is 0.00317. The highest BCUT2D eigenvalue weighted by molar-refractivity contribution is 6.04. The first kappa shape index (κ1) is 23.2. The molecule has 7 heteroatoms. The summed E-state index contributed by atoms with van der Waals surface area (Å²) >= 11 is 0. The second-order valence-electron chi connectivity index (χ2n) is 10.0. The number of aromatic hydroxyl groups is 1. The van der Waals surface area contributed by atoms with E-state index in [0.29, 0.717) is 35.2 Å². The van der Waals surface area contributed by atoms with Crippen molar-refractivity contribution in [2.24, 2.45) is 5.41 Å². The van der Waals surface area contributed by atoms with Crippen LogP contribution in [0.15, 0.2) is 34.7 Å². The van der Waals surface area contributed by atoms with Crippen LogP contribution < -0.4 is 14.8 Å². The van der Waals surface area contributed by atoms with Crippen molar-refractivity contribution in [1.29, 1.82) is 0 Å². The number of ketones is 1. The van der Waals surface area contributed by atoms with E-state index in [1.165, 1.54) is 14.2 Å². The number of phenolic OH excluding ortho intramolecular Hbond substituents is 1. The lowest BCUT2D eigenvalue weighted by Crippen LogP contribution is -2.39. The molecule has 1 aliphatic heterocycles. The van der Waals surface area contributed by atoms with Gasteiger partial charge in [0.1, 0.15) is 6.10 Å². The average molecular weight is 456 g/mol. The third kappa shape index (κ3) is 4.33. The lowest BCUT2D eigenvalue weighted by Gasteiger charge is -2.39. The van der Waals surface area contributed by atoms with Gasteiger partial charge >= 0.3 is 5.97 Å². The SMILES string of the molecule is COc1cc([C@H]2C(C(=O)OC3CCCC3)=C(C)NC3=C2C(=O)CC(C)(C)C3)cc(OC)c1O. The monoisotopic (exact) mass is 455 g/mol. The Labute approximate surface area is 194 Å². The fourth-order valence-electron chi connectivity index (χ4n) is 5.34. The average Bonchev–Trinajstić information content (AvgIpc) is 3.24. The topological polar surface area (TPSA) is 94.1 Å². The number of benzene rings is 1. The summed E-state index contributed by atoms with van der Waals surface area (Å²) in [5.41, 5.74) is 2.97. The number of phenols is 1. The van der Waals surface area contributed by atoms with Crippen LogP contribution in [0, 0.1) is 5.41 Å². The van der Waals surface area contributed by atoms with Crippen molar-refractivity contribution in [1.82, 2.24) is 5.32 Å². The minimum atomic E-state index is -0.637. The molecule has 1 heterocycles. The van der Waals surface area contributed by atoms with Crippen molar-refractivity contribution in [3.8, 4) is 17.2 Å². The first-order chi connectivity index (χ1) is 15.6. The zero-order valence-electron chi connectivity index (χ0n) is 20.0. The van der Waals surface area contributed by atoms with Crippen molar-refractivity contribution in [2.75, 3.05) is 14.2 Å². The van der Waals surface area contributed by atoms with Gasteiger partial charge in [0.15, 0.2) is 17.3 Å². The first-order valence-corrected chi connectivity index (χ1v) is 11.5. The molecule has 178 valence electrons. The van der Waals surface area contributed by atoms with Gasteiger partial charge in [0.2, 0.25) is 5.75 Å².